The molecule has 6 heteroatoms. The molecule has 70 valence electrons. The summed E-state index contributed by atoms with van der Waals surface area (Å²) in [7, 11) is 2.56. The quantitative estimate of drug-likeness (QED) is 0.585. The molecule has 0 aliphatic carbocycles. The predicted octanol–water partition coefficient (Wildman–Crippen LogP) is 0.346. The molecule has 0 saturated heterocycles. The standard InChI is InChI=1S/C6H12N2O4/c1-4-12-5(9)7-8(2)6(10)11-3/h4H2,1-3H3,(H,7,9). The second-order valence-electron chi connectivity index (χ2n) is 1.86. The maximum Gasteiger partial charge on any atom is 0.428 e. The van der Waals surface area contributed by atoms with Crippen LogP contribution in [0.5, 0.6) is 0 Å². The molecule has 0 aromatic rings. The first kappa shape index (κ1) is 10.5. The molecule has 1 N–H and O–H groups in total. The third-order valence-corrected chi connectivity index (χ3v) is 0.983. The first-order valence-corrected chi connectivity index (χ1v) is 3.36. The highest BCUT2D eigenvalue weighted by Gasteiger charge is 2.10. The lowest BCUT2D eigenvalue weighted by atomic mass is 10.9. The number of ether oxygens (including phenoxy) is 2. The van der Waals surface area contributed by atoms with E-state index < -0.39 is 12.2 Å². The smallest absolute Gasteiger partial charge is 0.428 e. The van der Waals surface area contributed by atoms with Gasteiger partial charge in [0.2, 0.25) is 0 Å². The summed E-state index contributed by atoms with van der Waals surface area (Å²) in [6.07, 6.45) is -1.35. The van der Waals surface area contributed by atoms with Crippen LogP contribution >= 0.6 is 0 Å². The van der Waals surface area contributed by atoms with Crippen molar-refractivity contribution in [2.45, 2.75) is 6.92 Å². The third kappa shape index (κ3) is 3.65. The monoisotopic (exact) mass is 176 g/mol. The number of amides is 2. The molecule has 2 amide bonds. The number of carbonyl (C=O) groups excluding carboxylic acids is 2. The second kappa shape index (κ2) is 5.22. The summed E-state index contributed by atoms with van der Waals surface area (Å²) in [5.74, 6) is 0. The van der Waals surface area contributed by atoms with Crippen LogP contribution in [0, 0.1) is 0 Å². The number of rotatable bonds is 1. The van der Waals surface area contributed by atoms with Gasteiger partial charge in [-0.15, -0.1) is 0 Å². The van der Waals surface area contributed by atoms with E-state index >= 15 is 0 Å². The molecule has 0 fully saturated rings. The molecule has 0 heterocycles. The van der Waals surface area contributed by atoms with Gasteiger partial charge in [0.25, 0.3) is 0 Å². The Kier molecular flexibility index (Phi) is 4.59. The van der Waals surface area contributed by atoms with Crippen molar-refractivity contribution in [3.8, 4) is 0 Å². The number of nitrogens with one attached hydrogen (secondary N) is 1. The Hall–Kier alpha value is -1.46. The van der Waals surface area contributed by atoms with E-state index in [1.165, 1.54) is 14.2 Å². The van der Waals surface area contributed by atoms with Crippen molar-refractivity contribution in [1.29, 1.82) is 0 Å². The molecule has 0 unspecified atom stereocenters. The number of nitrogens with zero attached hydrogens (tertiary/aromatic N) is 1. The maximum atomic E-state index is 10.7. The van der Waals surface area contributed by atoms with Crippen molar-refractivity contribution in [2.75, 3.05) is 20.8 Å². The van der Waals surface area contributed by atoms with Gasteiger partial charge in [-0.1, -0.05) is 0 Å². The van der Waals surface area contributed by atoms with Crippen molar-refractivity contribution in [3.63, 3.8) is 0 Å². The predicted molar refractivity (Wildman–Crippen MR) is 40.3 cm³/mol. The van der Waals surface area contributed by atoms with E-state index in [9.17, 15) is 9.59 Å². The molecule has 0 rings (SSSR count). The zero-order valence-electron chi connectivity index (χ0n) is 7.29. The lowest BCUT2D eigenvalue weighted by molar-refractivity contribution is 0.0948. The lowest BCUT2D eigenvalue weighted by Crippen LogP contribution is -2.43. The molecule has 0 aliphatic rings. The summed E-state index contributed by atoms with van der Waals surface area (Å²) < 4.78 is 8.82. The van der Waals surface area contributed by atoms with E-state index in [0.29, 0.717) is 0 Å². The van der Waals surface area contributed by atoms with Gasteiger partial charge in [0.05, 0.1) is 13.7 Å². The zero-order valence-corrected chi connectivity index (χ0v) is 7.29. The van der Waals surface area contributed by atoms with Gasteiger partial charge < -0.3 is 9.47 Å². The van der Waals surface area contributed by atoms with E-state index in [-0.39, 0.29) is 6.61 Å². The fourth-order valence-electron chi connectivity index (χ4n) is 0.483. The third-order valence-electron chi connectivity index (χ3n) is 0.983. The van der Waals surface area contributed by atoms with Crippen molar-refractivity contribution >= 4 is 12.2 Å². The maximum absolute atomic E-state index is 10.7. The molecule has 0 atom stereocenters. The van der Waals surface area contributed by atoms with Gasteiger partial charge in [-0.2, -0.15) is 0 Å². The number of hydrogen-bond acceptors (Lipinski definition) is 4. The minimum atomic E-state index is -0.689. The molecule has 0 aliphatic heterocycles. The van der Waals surface area contributed by atoms with E-state index in [1.54, 1.807) is 6.92 Å². The van der Waals surface area contributed by atoms with Crippen molar-refractivity contribution in [2.24, 2.45) is 0 Å². The summed E-state index contributed by atoms with van der Waals surface area (Å²) in [6.45, 7) is 1.92. The van der Waals surface area contributed by atoms with Crippen LogP contribution in [0.25, 0.3) is 0 Å². The van der Waals surface area contributed by atoms with E-state index in [4.69, 9.17) is 0 Å². The molecule has 0 bridgehead atoms. The number of hydrogen-bond donors (Lipinski definition) is 1. The minimum Gasteiger partial charge on any atom is -0.452 e. The molecule has 0 spiro atoms. The molecule has 0 saturated carbocycles. The van der Waals surface area contributed by atoms with Crippen molar-refractivity contribution < 1.29 is 19.1 Å². The highest BCUT2D eigenvalue weighted by molar-refractivity contribution is 5.73. The fourth-order valence-corrected chi connectivity index (χ4v) is 0.483. The Balaban J connectivity index is 3.75. The zero-order chi connectivity index (χ0) is 9.56. The highest BCUT2D eigenvalue weighted by Crippen LogP contribution is 1.84. The molecule has 0 aromatic carbocycles. The van der Waals surface area contributed by atoms with Crippen LogP contribution in [0.2, 0.25) is 0 Å². The average Bonchev–Trinajstić information content (AvgIpc) is 2.03. The first-order valence-electron chi connectivity index (χ1n) is 3.36. The van der Waals surface area contributed by atoms with Crippen LogP contribution in [-0.4, -0.2) is 38.0 Å². The van der Waals surface area contributed by atoms with E-state index in [0.717, 1.165) is 5.01 Å². The van der Waals surface area contributed by atoms with Crippen LogP contribution in [0.4, 0.5) is 9.59 Å². The van der Waals surface area contributed by atoms with Gasteiger partial charge >= 0.3 is 12.2 Å². The second-order valence-corrected chi connectivity index (χ2v) is 1.86. The summed E-state index contributed by atoms with van der Waals surface area (Å²) in [5.41, 5.74) is 2.13. The van der Waals surface area contributed by atoms with Crippen LogP contribution in [0.3, 0.4) is 0 Å². The Labute approximate surface area is 70.4 Å². The molecule has 12 heavy (non-hydrogen) atoms. The molecule has 0 radical (unpaired) electrons. The van der Waals surface area contributed by atoms with Gasteiger partial charge in [-0.3, -0.25) is 0 Å². The molecular weight excluding hydrogens is 164 g/mol. The SMILES string of the molecule is CCOC(=O)NN(C)C(=O)OC. The Morgan fingerprint density at radius 2 is 2.08 bits per heavy atom. The van der Waals surface area contributed by atoms with Crippen LogP contribution < -0.4 is 5.43 Å². The van der Waals surface area contributed by atoms with E-state index in [1.807, 2.05) is 0 Å². The minimum absolute atomic E-state index is 0.251. The molecular formula is C6H12N2O4. The normalized spacial score (nSPS) is 8.58. The summed E-state index contributed by atoms with van der Waals surface area (Å²) >= 11 is 0. The summed E-state index contributed by atoms with van der Waals surface area (Å²) in [5, 5.41) is 0.887. The number of methoxy groups -OCH3 is 1. The number of hydrazine groups is 1. The Bertz CT molecular complexity index is 171. The van der Waals surface area contributed by atoms with Gasteiger partial charge in [-0.25, -0.2) is 20.0 Å². The first-order chi connectivity index (χ1) is 5.61. The van der Waals surface area contributed by atoms with E-state index in [2.05, 4.69) is 14.9 Å². The van der Waals surface area contributed by atoms with Crippen molar-refractivity contribution in [1.82, 2.24) is 10.4 Å². The van der Waals surface area contributed by atoms with Crippen molar-refractivity contribution in [3.05, 3.63) is 0 Å². The highest BCUT2D eigenvalue weighted by atomic mass is 16.6. The number of carbonyl (C=O) groups is 2. The molecule has 0 aromatic heterocycles. The van der Waals surface area contributed by atoms with Crippen LogP contribution in [0.15, 0.2) is 0 Å². The van der Waals surface area contributed by atoms with Gasteiger partial charge in [0.1, 0.15) is 0 Å². The Morgan fingerprint density at radius 3 is 2.50 bits per heavy atom. The van der Waals surface area contributed by atoms with Gasteiger partial charge in [-0.05, 0) is 6.92 Å². The fraction of sp³-hybridized carbons (Fsp3) is 0.667. The average molecular weight is 176 g/mol. The topological polar surface area (TPSA) is 67.9 Å². The van der Waals surface area contributed by atoms with Crippen LogP contribution in [0.1, 0.15) is 6.92 Å². The molecule has 6 nitrogen and oxygen atoms in total. The largest absolute Gasteiger partial charge is 0.452 e. The van der Waals surface area contributed by atoms with Crippen LogP contribution in [-0.2, 0) is 9.47 Å². The summed E-state index contributed by atoms with van der Waals surface area (Å²) in [4.78, 5) is 21.4. The van der Waals surface area contributed by atoms with Gasteiger partial charge in [0.15, 0.2) is 0 Å². The lowest BCUT2D eigenvalue weighted by Gasteiger charge is -2.15. The summed E-state index contributed by atoms with van der Waals surface area (Å²) in [6, 6.07) is 0. The Morgan fingerprint density at radius 1 is 1.50 bits per heavy atom. The van der Waals surface area contributed by atoms with Gasteiger partial charge in [0, 0.05) is 7.05 Å².